The number of fused-ring (bicyclic) bond motifs is 3. The number of ketones is 2. The molecule has 42 heavy (non-hydrogen) atoms. The Hall–Kier alpha value is -5.08. The summed E-state index contributed by atoms with van der Waals surface area (Å²) in [5.74, 6) is -6.93. The molecule has 2 aromatic carbocycles. The number of anilines is 2. The van der Waals surface area contributed by atoms with Gasteiger partial charge in [-0.1, -0.05) is 18.2 Å². The van der Waals surface area contributed by atoms with Gasteiger partial charge in [0.1, 0.15) is 22.8 Å². The molecule has 0 radical (unpaired) electrons. The van der Waals surface area contributed by atoms with Crippen LogP contribution < -0.4 is 11.1 Å². The quantitative estimate of drug-likeness (QED) is 0.109. The summed E-state index contributed by atoms with van der Waals surface area (Å²) in [6.07, 6.45) is -0.151. The molecule has 1 fully saturated rings. The first kappa shape index (κ1) is 27.1. The zero-order valence-electron chi connectivity index (χ0n) is 21.5. The fourth-order valence-corrected chi connectivity index (χ4v) is 6.79. The lowest BCUT2D eigenvalue weighted by molar-refractivity contribution is -0.384. The van der Waals surface area contributed by atoms with Crippen molar-refractivity contribution in [1.29, 1.82) is 0 Å². The van der Waals surface area contributed by atoms with Gasteiger partial charge in [-0.3, -0.25) is 24.5 Å². The number of amides is 1. The van der Waals surface area contributed by atoms with Crippen LogP contribution in [-0.4, -0.2) is 53.4 Å². The maximum absolute atomic E-state index is 13.6. The molecule has 0 bridgehead atoms. The predicted octanol–water partition coefficient (Wildman–Crippen LogP) is 3.20. The third-order valence-electron chi connectivity index (χ3n) is 8.03. The summed E-state index contributed by atoms with van der Waals surface area (Å²) in [6, 6.07) is 9.18. The average molecular weight is 591 g/mol. The van der Waals surface area contributed by atoms with Crippen molar-refractivity contribution < 1.29 is 39.7 Å². The molecule has 3 aromatic rings. The number of aliphatic hydroxyl groups is 3. The van der Waals surface area contributed by atoms with Crippen molar-refractivity contribution >= 4 is 51.1 Å². The van der Waals surface area contributed by atoms with Crippen LogP contribution in [0.4, 0.5) is 16.5 Å². The first-order valence-corrected chi connectivity index (χ1v) is 13.6. The number of hydrogen-bond acceptors (Lipinski definition) is 12. The molecule has 214 valence electrons. The number of nitrogens with one attached hydrogen (secondary N) is 1. The van der Waals surface area contributed by atoms with Gasteiger partial charge >= 0.3 is 0 Å². The highest BCUT2D eigenvalue weighted by atomic mass is 32.1. The van der Waals surface area contributed by atoms with Crippen LogP contribution >= 0.6 is 11.3 Å². The summed E-state index contributed by atoms with van der Waals surface area (Å²) >= 11 is 1.17. The number of carbonyl (C=O) groups excluding carboxylic acids is 3. The highest BCUT2D eigenvalue weighted by Crippen LogP contribution is 2.52. The second kappa shape index (κ2) is 9.49. The van der Waals surface area contributed by atoms with Gasteiger partial charge in [-0.15, -0.1) is 11.3 Å². The Morgan fingerprint density at radius 2 is 1.93 bits per heavy atom. The van der Waals surface area contributed by atoms with Crippen LogP contribution in [0.1, 0.15) is 24.0 Å². The Kier molecular flexibility index (Phi) is 6.13. The number of nitro groups is 1. The zero-order chi connectivity index (χ0) is 30.1. The second-order valence-electron chi connectivity index (χ2n) is 10.4. The summed E-state index contributed by atoms with van der Waals surface area (Å²) in [7, 11) is 0. The number of rotatable bonds is 5. The highest BCUT2D eigenvalue weighted by Gasteiger charge is 2.60. The molecule has 13 nitrogen and oxygen atoms in total. The van der Waals surface area contributed by atoms with Crippen molar-refractivity contribution in [1.82, 2.24) is 4.98 Å². The number of aromatic hydroxyl groups is 1. The third kappa shape index (κ3) is 3.94. The lowest BCUT2D eigenvalue weighted by atomic mass is 9.59. The SMILES string of the molecule is NC(=O)C1=C(O)C2(O)C(=O)C3=C(O)c4c(ccc(Nc5nc(-c6cccc([N+](=O)[O-])c6)cs5)c4O)CC3CC2CC1=O. The molecule has 3 aliphatic carbocycles. The topological polar surface area (TPSA) is 226 Å². The largest absolute Gasteiger partial charge is 0.508 e. The minimum Gasteiger partial charge on any atom is -0.508 e. The predicted molar refractivity (Wildman–Crippen MR) is 149 cm³/mol. The van der Waals surface area contributed by atoms with Gasteiger partial charge in [-0.05, 0) is 30.4 Å². The second-order valence-corrected chi connectivity index (χ2v) is 11.2. The van der Waals surface area contributed by atoms with Crippen molar-refractivity contribution in [2.24, 2.45) is 17.6 Å². The van der Waals surface area contributed by atoms with Crippen molar-refractivity contribution in [2.75, 3.05) is 5.32 Å². The molecule has 0 spiro atoms. The fourth-order valence-electron chi connectivity index (χ4n) is 6.05. The van der Waals surface area contributed by atoms with Crippen LogP contribution in [-0.2, 0) is 20.8 Å². The van der Waals surface area contributed by atoms with E-state index in [4.69, 9.17) is 5.73 Å². The minimum absolute atomic E-state index is 0.0449. The van der Waals surface area contributed by atoms with Crippen molar-refractivity contribution in [3.63, 3.8) is 0 Å². The fraction of sp³-hybridized carbons (Fsp3) is 0.214. The number of primary amides is 1. The van der Waals surface area contributed by atoms with E-state index in [1.54, 1.807) is 29.6 Å². The molecular formula is C28H22N4O9S. The number of phenolic OH excluding ortho intramolecular Hbond substituents is 1. The van der Waals surface area contributed by atoms with Gasteiger partial charge in [-0.25, -0.2) is 4.98 Å². The van der Waals surface area contributed by atoms with E-state index < -0.39 is 62.7 Å². The van der Waals surface area contributed by atoms with Crippen molar-refractivity contribution in [2.45, 2.75) is 24.9 Å². The number of nitrogens with zero attached hydrogens (tertiary/aromatic N) is 2. The number of aliphatic hydroxyl groups excluding tert-OH is 2. The van der Waals surface area contributed by atoms with Crippen LogP contribution in [0.2, 0.25) is 0 Å². The van der Waals surface area contributed by atoms with E-state index in [-0.39, 0.29) is 41.8 Å². The summed E-state index contributed by atoms with van der Waals surface area (Å²) in [5, 5.41) is 60.6. The number of carbonyl (C=O) groups is 3. The Morgan fingerprint density at radius 3 is 2.64 bits per heavy atom. The molecule has 1 heterocycles. The third-order valence-corrected chi connectivity index (χ3v) is 8.79. The van der Waals surface area contributed by atoms with Crippen LogP contribution in [0.5, 0.6) is 5.75 Å². The summed E-state index contributed by atoms with van der Waals surface area (Å²) in [4.78, 5) is 52.9. The van der Waals surface area contributed by atoms with E-state index in [0.717, 1.165) is 0 Å². The van der Waals surface area contributed by atoms with E-state index >= 15 is 0 Å². The van der Waals surface area contributed by atoms with E-state index in [2.05, 4.69) is 10.3 Å². The summed E-state index contributed by atoms with van der Waals surface area (Å²) in [6.45, 7) is 0. The van der Waals surface area contributed by atoms with Crippen molar-refractivity contribution in [3.8, 4) is 17.0 Å². The maximum Gasteiger partial charge on any atom is 0.270 e. The normalized spacial score (nSPS) is 23.3. The van der Waals surface area contributed by atoms with E-state index in [9.17, 15) is 44.9 Å². The first-order chi connectivity index (χ1) is 19.9. The van der Waals surface area contributed by atoms with Gasteiger partial charge in [-0.2, -0.15) is 0 Å². The van der Waals surface area contributed by atoms with Gasteiger partial charge < -0.3 is 31.5 Å². The molecule has 1 aromatic heterocycles. The number of nitro benzene ring substituents is 1. The van der Waals surface area contributed by atoms with E-state index in [1.165, 1.54) is 23.5 Å². The number of thiazole rings is 1. The number of hydrogen-bond donors (Lipinski definition) is 6. The minimum atomic E-state index is -2.63. The summed E-state index contributed by atoms with van der Waals surface area (Å²) in [5.41, 5.74) is 2.99. The molecule has 6 rings (SSSR count). The average Bonchev–Trinajstić information content (AvgIpc) is 3.41. The number of benzene rings is 2. The lowest BCUT2D eigenvalue weighted by Gasteiger charge is -2.46. The number of Topliss-reactive ketones (excluding diaryl/α,β-unsaturated/α-hetero) is 2. The Labute approximate surface area is 240 Å². The molecule has 0 aliphatic heterocycles. The smallest absolute Gasteiger partial charge is 0.270 e. The monoisotopic (exact) mass is 590 g/mol. The standard InChI is InChI=1S/C28H22N4O9S/c29-26(38)21-18(33)9-14-7-13-6-12-4-5-16(22(34)19(12)23(35)20(13)24(36)28(14,39)25(21)37)30-27-31-17(10-42-27)11-2-1-3-15(8-11)32(40)41/h1-5,8,10,13-14,34-35,37,39H,6-7,9H2,(H2,29,38)(H,30,31). The zero-order valence-corrected chi connectivity index (χ0v) is 22.3. The van der Waals surface area contributed by atoms with Crippen molar-refractivity contribution in [3.05, 3.63) is 79.9 Å². The van der Waals surface area contributed by atoms with E-state index in [1.807, 2.05) is 0 Å². The van der Waals surface area contributed by atoms with Crippen LogP contribution in [0.15, 0.2) is 58.7 Å². The van der Waals surface area contributed by atoms with Crippen LogP contribution in [0.3, 0.4) is 0 Å². The molecule has 7 N–H and O–H groups in total. The number of non-ortho nitro benzene ring substituents is 1. The van der Waals surface area contributed by atoms with Gasteiger partial charge in [0, 0.05) is 41.0 Å². The molecule has 1 saturated carbocycles. The van der Waals surface area contributed by atoms with E-state index in [0.29, 0.717) is 22.0 Å². The van der Waals surface area contributed by atoms with Gasteiger partial charge in [0.05, 0.1) is 21.9 Å². The summed E-state index contributed by atoms with van der Waals surface area (Å²) < 4.78 is 0. The molecule has 0 saturated heterocycles. The first-order valence-electron chi connectivity index (χ1n) is 12.7. The van der Waals surface area contributed by atoms with Gasteiger partial charge in [0.25, 0.3) is 11.6 Å². The van der Waals surface area contributed by atoms with Gasteiger partial charge in [0.2, 0.25) is 5.78 Å². The Balaban J connectivity index is 1.36. The number of nitrogens with two attached hydrogens (primary N) is 1. The lowest BCUT2D eigenvalue weighted by Crippen LogP contribution is -2.58. The van der Waals surface area contributed by atoms with Crippen LogP contribution in [0, 0.1) is 22.0 Å². The Morgan fingerprint density at radius 1 is 1.17 bits per heavy atom. The molecule has 3 atom stereocenters. The molecule has 1 amide bonds. The maximum atomic E-state index is 13.6. The number of phenols is 1. The van der Waals surface area contributed by atoms with Gasteiger partial charge in [0.15, 0.2) is 16.5 Å². The highest BCUT2D eigenvalue weighted by molar-refractivity contribution is 7.14. The molecule has 3 aliphatic rings. The molecule has 14 heteroatoms. The number of aromatic nitrogens is 1. The molecule has 3 unspecified atom stereocenters. The molecular weight excluding hydrogens is 568 g/mol. The Bertz CT molecular complexity index is 1810. The van der Waals surface area contributed by atoms with Crippen LogP contribution in [0.25, 0.3) is 17.0 Å².